The normalized spacial score (nSPS) is 18.8. The molecule has 1 aromatic carbocycles. The number of nitrogens with zero attached hydrogens (tertiary/aromatic N) is 3. The molecule has 2 heterocycles. The van der Waals surface area contributed by atoms with Crippen molar-refractivity contribution in [3.05, 3.63) is 41.2 Å². The largest absolute Gasteiger partial charge is 0.491 e. The van der Waals surface area contributed by atoms with Crippen molar-refractivity contribution in [2.24, 2.45) is 0 Å². The van der Waals surface area contributed by atoms with Crippen molar-refractivity contribution in [1.82, 2.24) is 25.5 Å². The number of hydrogen-bond acceptors (Lipinski definition) is 8. The van der Waals surface area contributed by atoms with Gasteiger partial charge in [0.2, 0.25) is 0 Å². The number of anilines is 1. The number of aromatic nitrogens is 4. The first-order valence-electron chi connectivity index (χ1n) is 11.8. The zero-order valence-corrected chi connectivity index (χ0v) is 20.2. The molecule has 0 bridgehead atoms. The van der Waals surface area contributed by atoms with E-state index < -0.39 is 6.10 Å². The first kappa shape index (κ1) is 24.1. The molecule has 3 atom stereocenters. The number of aliphatic hydroxyl groups is 2. The van der Waals surface area contributed by atoms with Gasteiger partial charge in [0.05, 0.1) is 23.5 Å². The monoisotopic (exact) mass is 466 g/mol. The molecule has 3 aromatic rings. The highest BCUT2D eigenvalue weighted by Crippen LogP contribution is 2.34. The summed E-state index contributed by atoms with van der Waals surface area (Å²) in [6, 6.07) is 7.52. The molecule has 0 amide bonds. The van der Waals surface area contributed by atoms with Crippen LogP contribution in [0.3, 0.4) is 0 Å². The number of nitrogens with one attached hydrogen (secondary N) is 3. The summed E-state index contributed by atoms with van der Waals surface area (Å²) in [5, 5.41) is 34.2. The van der Waals surface area contributed by atoms with E-state index in [1.54, 1.807) is 7.05 Å². The number of ether oxygens (including phenoxy) is 1. The minimum Gasteiger partial charge on any atom is -0.491 e. The summed E-state index contributed by atoms with van der Waals surface area (Å²) in [5.41, 5.74) is 5.28. The number of aromatic amines is 1. The summed E-state index contributed by atoms with van der Waals surface area (Å²) in [5.74, 6) is 1.90. The Labute approximate surface area is 200 Å². The Bertz CT molecular complexity index is 1110. The van der Waals surface area contributed by atoms with Gasteiger partial charge in [0.25, 0.3) is 0 Å². The Morgan fingerprint density at radius 2 is 2.03 bits per heavy atom. The zero-order valence-electron chi connectivity index (χ0n) is 20.2. The molecule has 9 heteroatoms. The van der Waals surface area contributed by atoms with Crippen LogP contribution in [-0.2, 0) is 0 Å². The van der Waals surface area contributed by atoms with Gasteiger partial charge in [-0.25, -0.2) is 9.97 Å². The first-order chi connectivity index (χ1) is 16.4. The molecule has 2 aromatic heterocycles. The Morgan fingerprint density at radius 1 is 1.21 bits per heavy atom. The van der Waals surface area contributed by atoms with E-state index in [1.165, 1.54) is 0 Å². The van der Waals surface area contributed by atoms with Gasteiger partial charge in [0.15, 0.2) is 5.82 Å². The summed E-state index contributed by atoms with van der Waals surface area (Å²) < 4.78 is 5.79. The van der Waals surface area contributed by atoms with Gasteiger partial charge < -0.3 is 25.6 Å². The summed E-state index contributed by atoms with van der Waals surface area (Å²) in [7, 11) is 1.79. The second kappa shape index (κ2) is 10.5. The summed E-state index contributed by atoms with van der Waals surface area (Å²) in [6.45, 7) is 6.57. The van der Waals surface area contributed by atoms with Gasteiger partial charge >= 0.3 is 0 Å². The Balaban J connectivity index is 1.73. The molecular weight excluding hydrogens is 432 g/mol. The number of hydrogen-bond donors (Lipinski definition) is 5. The first-order valence-corrected chi connectivity index (χ1v) is 11.8. The summed E-state index contributed by atoms with van der Waals surface area (Å²) >= 11 is 0. The van der Waals surface area contributed by atoms with E-state index >= 15 is 0 Å². The van der Waals surface area contributed by atoms with Gasteiger partial charge in [0.1, 0.15) is 24.3 Å². The smallest absolute Gasteiger partial charge is 0.162 e. The lowest BCUT2D eigenvalue weighted by atomic mass is 10.0. The lowest BCUT2D eigenvalue weighted by molar-refractivity contribution is 0.108. The van der Waals surface area contributed by atoms with E-state index in [-0.39, 0.29) is 18.8 Å². The molecule has 4 rings (SSSR count). The molecule has 1 fully saturated rings. The molecule has 9 nitrogen and oxygen atoms in total. The molecule has 2 unspecified atom stereocenters. The van der Waals surface area contributed by atoms with E-state index in [0.29, 0.717) is 23.9 Å². The summed E-state index contributed by atoms with van der Waals surface area (Å²) in [4.78, 5) is 9.80. The topological polar surface area (TPSA) is 128 Å². The standard InChI is InChI=1S/C25H34N6O3/c1-14-23(22-15(2)30-31-16(22)3)28-25(29-24(14)27-20-9-6-10-21(20)33)17-7-5-8-19(11-17)34-13-18(32)12-26-4/h5,7-8,11,18,20-21,26,32-33H,6,9-10,12-13H2,1-4H3,(H,30,31)(H,27,28,29)/t18?,20?,21-/m1/s1. The molecule has 0 aliphatic heterocycles. The maximum Gasteiger partial charge on any atom is 0.162 e. The van der Waals surface area contributed by atoms with Crippen LogP contribution in [0.25, 0.3) is 22.6 Å². The number of benzene rings is 1. The number of rotatable bonds is 9. The van der Waals surface area contributed by atoms with E-state index in [4.69, 9.17) is 14.7 Å². The lowest BCUT2D eigenvalue weighted by Gasteiger charge is -2.21. The van der Waals surface area contributed by atoms with E-state index in [1.807, 2.05) is 45.0 Å². The van der Waals surface area contributed by atoms with Gasteiger partial charge in [-0.1, -0.05) is 12.1 Å². The number of H-pyrrole nitrogens is 1. The quantitative estimate of drug-likeness (QED) is 0.326. The second-order valence-corrected chi connectivity index (χ2v) is 8.98. The summed E-state index contributed by atoms with van der Waals surface area (Å²) in [6.07, 6.45) is 1.69. The SMILES string of the molecule is CNCC(O)COc1cccc(-c2nc(NC3CCC[C@H]3O)c(C)c(-c3c(C)n[nH]c3C)n2)c1. The number of aryl methyl sites for hydroxylation is 2. The van der Waals surface area contributed by atoms with Crippen LogP contribution in [-0.4, -0.2) is 68.8 Å². The average molecular weight is 467 g/mol. The van der Waals surface area contributed by atoms with Crippen molar-refractivity contribution < 1.29 is 14.9 Å². The molecule has 34 heavy (non-hydrogen) atoms. The van der Waals surface area contributed by atoms with Crippen molar-refractivity contribution >= 4 is 5.82 Å². The van der Waals surface area contributed by atoms with E-state index in [0.717, 1.165) is 53.0 Å². The Morgan fingerprint density at radius 3 is 2.71 bits per heavy atom. The number of aliphatic hydroxyl groups excluding tert-OH is 2. The van der Waals surface area contributed by atoms with Gasteiger partial charge in [-0.15, -0.1) is 0 Å². The highest BCUT2D eigenvalue weighted by molar-refractivity contribution is 5.75. The van der Waals surface area contributed by atoms with Crippen LogP contribution in [0.2, 0.25) is 0 Å². The van der Waals surface area contributed by atoms with Crippen molar-refractivity contribution in [2.75, 3.05) is 25.5 Å². The van der Waals surface area contributed by atoms with Crippen LogP contribution in [0.5, 0.6) is 5.75 Å². The number of likely N-dealkylation sites (N-methyl/N-ethyl adjacent to an activating group) is 1. The third kappa shape index (κ3) is 5.22. The Kier molecular flexibility index (Phi) is 7.45. The maximum atomic E-state index is 10.4. The van der Waals surface area contributed by atoms with Crippen LogP contribution < -0.4 is 15.4 Å². The minimum atomic E-state index is -0.600. The fourth-order valence-corrected chi connectivity index (χ4v) is 4.43. The van der Waals surface area contributed by atoms with Crippen LogP contribution >= 0.6 is 0 Å². The van der Waals surface area contributed by atoms with Crippen LogP contribution in [0.1, 0.15) is 36.2 Å². The third-order valence-electron chi connectivity index (χ3n) is 6.29. The Hall–Kier alpha value is -3.01. The second-order valence-electron chi connectivity index (χ2n) is 8.98. The van der Waals surface area contributed by atoms with Crippen molar-refractivity contribution in [3.63, 3.8) is 0 Å². The van der Waals surface area contributed by atoms with Crippen molar-refractivity contribution in [3.8, 4) is 28.4 Å². The molecule has 5 N–H and O–H groups in total. The molecule has 1 aliphatic rings. The molecule has 0 saturated heterocycles. The van der Waals surface area contributed by atoms with Gasteiger partial charge in [-0.05, 0) is 59.2 Å². The van der Waals surface area contributed by atoms with Gasteiger partial charge in [-0.3, -0.25) is 5.10 Å². The molecular formula is C25H34N6O3. The van der Waals surface area contributed by atoms with Crippen LogP contribution in [0.15, 0.2) is 24.3 Å². The van der Waals surface area contributed by atoms with Gasteiger partial charge in [-0.2, -0.15) is 5.10 Å². The van der Waals surface area contributed by atoms with Crippen LogP contribution in [0, 0.1) is 20.8 Å². The van der Waals surface area contributed by atoms with E-state index in [2.05, 4.69) is 20.8 Å². The molecule has 182 valence electrons. The minimum absolute atomic E-state index is 0.0378. The highest BCUT2D eigenvalue weighted by atomic mass is 16.5. The van der Waals surface area contributed by atoms with E-state index in [9.17, 15) is 10.2 Å². The lowest BCUT2D eigenvalue weighted by Crippen LogP contribution is -2.29. The highest BCUT2D eigenvalue weighted by Gasteiger charge is 2.27. The van der Waals surface area contributed by atoms with Gasteiger partial charge in [0, 0.05) is 28.9 Å². The zero-order chi connectivity index (χ0) is 24.2. The van der Waals surface area contributed by atoms with Crippen molar-refractivity contribution in [1.29, 1.82) is 0 Å². The predicted molar refractivity (Wildman–Crippen MR) is 132 cm³/mol. The fourth-order valence-electron chi connectivity index (χ4n) is 4.43. The molecule has 1 saturated carbocycles. The van der Waals surface area contributed by atoms with Crippen LogP contribution in [0.4, 0.5) is 5.82 Å². The molecule has 1 aliphatic carbocycles. The molecule has 0 radical (unpaired) electrons. The van der Waals surface area contributed by atoms with Crippen molar-refractivity contribution in [2.45, 2.75) is 58.3 Å². The third-order valence-corrected chi connectivity index (χ3v) is 6.29. The fraction of sp³-hybridized carbons (Fsp3) is 0.480. The maximum absolute atomic E-state index is 10.4. The molecule has 0 spiro atoms. The predicted octanol–water partition coefficient (Wildman–Crippen LogP) is 2.74. The average Bonchev–Trinajstić information content (AvgIpc) is 3.38.